The minimum absolute atomic E-state index is 0. The van der Waals surface area contributed by atoms with Crippen molar-refractivity contribution in [2.24, 2.45) is 0 Å². The first-order chi connectivity index (χ1) is 13.8. The third-order valence-corrected chi connectivity index (χ3v) is 5.78. The van der Waals surface area contributed by atoms with Crippen LogP contribution in [0.25, 0.3) is 11.0 Å². The Morgan fingerprint density at radius 2 is 1.93 bits per heavy atom. The Hall–Kier alpha value is -2.08. The molecule has 8 heteroatoms. The molecule has 5 rings (SSSR count). The summed E-state index contributed by atoms with van der Waals surface area (Å²) in [7, 11) is 0. The van der Waals surface area contributed by atoms with Crippen LogP contribution in [0.3, 0.4) is 0 Å². The maximum absolute atomic E-state index is 13.6. The molecule has 1 amide bonds. The van der Waals surface area contributed by atoms with Gasteiger partial charge in [0.1, 0.15) is 6.04 Å². The number of aromatic nitrogens is 3. The van der Waals surface area contributed by atoms with Crippen molar-refractivity contribution >= 4 is 16.9 Å². The molecular weight excluding hydrogens is 536 g/mol. The average Bonchev–Trinajstić information content (AvgIpc) is 3.24. The van der Waals surface area contributed by atoms with Crippen LogP contribution >= 0.6 is 0 Å². The molecule has 0 radical (unpaired) electrons. The van der Waals surface area contributed by atoms with E-state index in [1.165, 1.54) is 5.56 Å². The van der Waals surface area contributed by atoms with Crippen molar-refractivity contribution in [2.45, 2.75) is 19.0 Å². The summed E-state index contributed by atoms with van der Waals surface area (Å²) in [4.78, 5) is 22.4. The van der Waals surface area contributed by atoms with Crippen LogP contribution in [0.2, 0.25) is 0 Å². The van der Waals surface area contributed by atoms with Gasteiger partial charge in [-0.1, -0.05) is 42.3 Å². The first kappa shape index (κ1) is 20.2. The molecule has 2 aromatic heterocycles. The molecule has 1 saturated heterocycles. The number of fused-ring (bicyclic) bond motifs is 3. The van der Waals surface area contributed by atoms with Crippen molar-refractivity contribution in [1.82, 2.24) is 30.3 Å². The van der Waals surface area contributed by atoms with Crippen LogP contribution in [0.5, 0.6) is 0 Å². The van der Waals surface area contributed by atoms with Crippen LogP contribution in [-0.2, 0) is 38.8 Å². The summed E-state index contributed by atoms with van der Waals surface area (Å²) in [5.41, 5.74) is 4.14. The maximum Gasteiger partial charge on any atom is 0.244 e. The van der Waals surface area contributed by atoms with Gasteiger partial charge in [-0.2, -0.15) is 0 Å². The van der Waals surface area contributed by atoms with Gasteiger partial charge in [-0.25, -0.2) is 0 Å². The predicted octanol–water partition coefficient (Wildman–Crippen LogP) is 1.29. The van der Waals surface area contributed by atoms with E-state index in [1.54, 1.807) is 0 Å². The zero-order chi connectivity index (χ0) is 18.9. The van der Waals surface area contributed by atoms with E-state index in [9.17, 15) is 4.79 Å². The molecule has 4 heterocycles. The van der Waals surface area contributed by atoms with Gasteiger partial charge in [0.25, 0.3) is 0 Å². The Kier molecular flexibility index (Phi) is 6.09. The van der Waals surface area contributed by atoms with E-state index in [1.807, 2.05) is 29.3 Å². The van der Waals surface area contributed by atoms with E-state index in [4.69, 9.17) is 0 Å². The Balaban J connectivity index is 0.00000205. The van der Waals surface area contributed by atoms with Crippen LogP contribution in [0.4, 0.5) is 0 Å². The summed E-state index contributed by atoms with van der Waals surface area (Å²) in [5.74, 6) is 0.176. The van der Waals surface area contributed by atoms with E-state index >= 15 is 0 Å². The number of carbonyl (C=O) groups excluding carboxylic acids is 1. The summed E-state index contributed by atoms with van der Waals surface area (Å²) in [6, 6.07) is 9.92. The molecule has 2 aliphatic heterocycles. The molecule has 7 nitrogen and oxygen atoms in total. The third kappa shape index (κ3) is 3.87. The summed E-state index contributed by atoms with van der Waals surface area (Å²) in [5, 5.41) is 11.2. The van der Waals surface area contributed by atoms with Gasteiger partial charge in [-0.15, -0.1) is 10.9 Å². The second-order valence-electron chi connectivity index (χ2n) is 7.43. The van der Waals surface area contributed by atoms with Crippen molar-refractivity contribution in [3.63, 3.8) is 0 Å². The maximum atomic E-state index is 13.6. The zero-order valence-electron chi connectivity index (χ0n) is 16.1. The fraction of sp³-hybridized carbons (Fsp3) is 0.381. The van der Waals surface area contributed by atoms with Crippen LogP contribution < -0.4 is 5.32 Å². The summed E-state index contributed by atoms with van der Waals surface area (Å²) < 4.78 is 0. The number of hydrogen-bond donors (Lipinski definition) is 2. The molecule has 1 fully saturated rings. The number of pyridine rings is 1. The second-order valence-corrected chi connectivity index (χ2v) is 7.43. The van der Waals surface area contributed by atoms with Gasteiger partial charge in [0.15, 0.2) is 0 Å². The standard InChI is InChI=1S/C21H23N6O.W/c28-21(19(15-4-2-1-3-5-15)26-10-7-22-8-11-26)27-9-6-17-16(14-27)12-23-20-18(17)13-24-25-20;/h1-5,12,19,22H,6-11,14H2,(H,23,24,25);/q-1;. The minimum atomic E-state index is -0.234. The van der Waals surface area contributed by atoms with Crippen LogP contribution in [0.1, 0.15) is 22.7 Å². The van der Waals surface area contributed by atoms with Crippen LogP contribution in [0.15, 0.2) is 36.5 Å². The number of hydrogen-bond acceptors (Lipinski definition) is 5. The SMILES string of the molecule is O=C(C(c1ccccc1)N1CCNCC1)N1CCc2c(cnc3[nH]n[c-]c23)C1.[W]. The number of benzene rings is 1. The van der Waals surface area contributed by atoms with Gasteiger partial charge in [0, 0.05) is 72.2 Å². The third-order valence-electron chi connectivity index (χ3n) is 5.78. The number of carbonyl (C=O) groups is 1. The Labute approximate surface area is 184 Å². The largest absolute Gasteiger partial charge is 0.338 e. The molecule has 0 bridgehead atoms. The Morgan fingerprint density at radius 3 is 2.72 bits per heavy atom. The van der Waals surface area contributed by atoms with Crippen molar-refractivity contribution < 1.29 is 25.9 Å². The number of H-pyrrole nitrogens is 1. The molecule has 3 aromatic rings. The quantitative estimate of drug-likeness (QED) is 0.474. The van der Waals surface area contributed by atoms with Crippen molar-refractivity contribution in [1.29, 1.82) is 0 Å². The molecule has 0 saturated carbocycles. The number of aromatic amines is 1. The van der Waals surface area contributed by atoms with Gasteiger partial charge >= 0.3 is 0 Å². The number of nitrogens with one attached hydrogen (secondary N) is 2. The molecule has 2 N–H and O–H groups in total. The fourth-order valence-electron chi connectivity index (χ4n) is 4.33. The van der Waals surface area contributed by atoms with Crippen LogP contribution in [-0.4, -0.2) is 63.6 Å². The first-order valence-electron chi connectivity index (χ1n) is 9.82. The molecule has 2 aliphatic rings. The topological polar surface area (TPSA) is 77.2 Å². The Bertz CT molecular complexity index is 985. The van der Waals surface area contributed by atoms with Gasteiger partial charge in [0.05, 0.1) is 0 Å². The van der Waals surface area contributed by atoms with Gasteiger partial charge < -0.3 is 20.3 Å². The predicted molar refractivity (Wildman–Crippen MR) is 105 cm³/mol. The zero-order valence-corrected chi connectivity index (χ0v) is 19.0. The van der Waals surface area contributed by atoms with E-state index in [0.717, 1.165) is 54.8 Å². The molecular formula is C21H23N6OW-. The van der Waals surface area contributed by atoms with Crippen molar-refractivity contribution in [3.05, 3.63) is 59.4 Å². The summed E-state index contributed by atoms with van der Waals surface area (Å²) in [6.07, 6.45) is 5.68. The molecule has 0 spiro atoms. The molecule has 1 atom stereocenters. The minimum Gasteiger partial charge on any atom is -0.338 e. The normalized spacial score (nSPS) is 18.1. The summed E-state index contributed by atoms with van der Waals surface area (Å²) >= 11 is 0. The molecule has 29 heavy (non-hydrogen) atoms. The monoisotopic (exact) mass is 559 g/mol. The number of amides is 1. The number of nitrogens with zero attached hydrogens (tertiary/aromatic N) is 4. The molecule has 1 aromatic carbocycles. The molecule has 150 valence electrons. The summed E-state index contributed by atoms with van der Waals surface area (Å²) in [6.45, 7) is 4.88. The van der Waals surface area contributed by atoms with Crippen molar-refractivity contribution in [2.75, 3.05) is 32.7 Å². The molecule has 0 aliphatic carbocycles. The first-order valence-corrected chi connectivity index (χ1v) is 9.82. The van der Waals surface area contributed by atoms with Crippen molar-refractivity contribution in [3.8, 4) is 0 Å². The van der Waals surface area contributed by atoms with E-state index in [0.29, 0.717) is 13.1 Å². The van der Waals surface area contributed by atoms with Crippen LogP contribution in [0, 0.1) is 6.20 Å². The number of piperazine rings is 1. The van der Waals surface area contributed by atoms with E-state index in [2.05, 4.69) is 43.7 Å². The fourth-order valence-corrected chi connectivity index (χ4v) is 4.33. The Morgan fingerprint density at radius 1 is 1.14 bits per heavy atom. The molecule has 1 unspecified atom stereocenters. The van der Waals surface area contributed by atoms with Gasteiger partial charge in [-0.05, 0) is 11.8 Å². The van der Waals surface area contributed by atoms with Gasteiger partial charge in [-0.3, -0.25) is 14.8 Å². The van der Waals surface area contributed by atoms with E-state index in [-0.39, 0.29) is 33.0 Å². The van der Waals surface area contributed by atoms with Gasteiger partial charge in [0.2, 0.25) is 5.91 Å². The second kappa shape index (κ2) is 8.74. The van der Waals surface area contributed by atoms with E-state index < -0.39 is 0 Å². The number of rotatable bonds is 3. The average molecular weight is 559 g/mol. The smallest absolute Gasteiger partial charge is 0.244 e.